The van der Waals surface area contributed by atoms with Crippen LogP contribution in [0.1, 0.15) is 22.6 Å². The highest BCUT2D eigenvalue weighted by Gasteiger charge is 2.34. The summed E-state index contributed by atoms with van der Waals surface area (Å²) < 4.78 is 28.2. The van der Waals surface area contributed by atoms with Crippen molar-refractivity contribution in [2.24, 2.45) is 5.73 Å². The second-order valence-corrected chi connectivity index (χ2v) is 8.40. The minimum absolute atomic E-state index is 0.00741. The Morgan fingerprint density at radius 3 is 2.56 bits per heavy atom. The van der Waals surface area contributed by atoms with Gasteiger partial charge in [0.25, 0.3) is 0 Å². The lowest BCUT2D eigenvalue weighted by atomic mass is 9.83. The van der Waals surface area contributed by atoms with Crippen molar-refractivity contribution in [3.05, 3.63) is 86.7 Å². The van der Waals surface area contributed by atoms with Crippen LogP contribution in [0, 0.1) is 11.3 Å². The Bertz CT molecular complexity index is 1370. The molecule has 0 bridgehead atoms. The number of nitriles is 1. The number of hydrogen-bond acceptors (Lipinski definition) is 7. The zero-order valence-corrected chi connectivity index (χ0v) is 19.4. The topological polar surface area (TPSA) is 96.0 Å². The van der Waals surface area contributed by atoms with Crippen molar-refractivity contribution < 1.29 is 23.7 Å². The Morgan fingerprint density at radius 2 is 1.82 bits per heavy atom. The van der Waals surface area contributed by atoms with Gasteiger partial charge in [-0.3, -0.25) is 0 Å². The third-order valence-corrected chi connectivity index (χ3v) is 6.27. The van der Waals surface area contributed by atoms with Crippen LogP contribution in [0.5, 0.6) is 28.7 Å². The number of allylic oxidation sites excluding steroid dienone is 1. The maximum Gasteiger partial charge on any atom is 0.231 e. The van der Waals surface area contributed by atoms with Crippen molar-refractivity contribution in [2.45, 2.75) is 12.5 Å². The van der Waals surface area contributed by atoms with Gasteiger partial charge in [-0.05, 0) is 29.8 Å². The minimum Gasteiger partial charge on any atom is -0.493 e. The average Bonchev–Trinajstić information content (AvgIpc) is 3.29. The smallest absolute Gasteiger partial charge is 0.231 e. The van der Waals surface area contributed by atoms with E-state index in [0.717, 1.165) is 5.56 Å². The number of halogens is 2. The van der Waals surface area contributed by atoms with Crippen molar-refractivity contribution in [3.63, 3.8) is 0 Å². The number of hydrogen-bond donors (Lipinski definition) is 1. The summed E-state index contributed by atoms with van der Waals surface area (Å²) in [5, 5.41) is 10.8. The summed E-state index contributed by atoms with van der Waals surface area (Å²) in [4.78, 5) is 0. The Labute approximate surface area is 205 Å². The van der Waals surface area contributed by atoms with Gasteiger partial charge in [0.15, 0.2) is 23.0 Å². The molecule has 0 unspecified atom stereocenters. The lowest BCUT2D eigenvalue weighted by molar-refractivity contribution is 0.174. The van der Waals surface area contributed by atoms with E-state index in [-0.39, 0.29) is 24.9 Å². The van der Waals surface area contributed by atoms with Crippen LogP contribution in [0.4, 0.5) is 0 Å². The molecule has 0 aliphatic carbocycles. The molecule has 2 N–H and O–H groups in total. The fourth-order valence-electron chi connectivity index (χ4n) is 4.00. The number of rotatable bonds is 5. The highest BCUT2D eigenvalue weighted by atomic mass is 35.5. The maximum absolute atomic E-state index is 9.87. The molecule has 0 saturated carbocycles. The molecule has 2 aliphatic rings. The van der Waals surface area contributed by atoms with E-state index in [1.54, 1.807) is 30.3 Å². The Balaban J connectivity index is 1.56. The predicted molar refractivity (Wildman–Crippen MR) is 126 cm³/mol. The van der Waals surface area contributed by atoms with Crippen LogP contribution in [-0.4, -0.2) is 13.9 Å². The normalized spacial score (nSPS) is 15.9. The summed E-state index contributed by atoms with van der Waals surface area (Å²) >= 11 is 12.9. The molecule has 7 nitrogen and oxygen atoms in total. The fourth-order valence-corrected chi connectivity index (χ4v) is 4.47. The Morgan fingerprint density at radius 1 is 1.06 bits per heavy atom. The second kappa shape index (κ2) is 8.90. The summed E-state index contributed by atoms with van der Waals surface area (Å²) in [7, 11) is 1.52. The molecule has 9 heteroatoms. The molecule has 0 fully saturated rings. The first-order valence-corrected chi connectivity index (χ1v) is 11.0. The maximum atomic E-state index is 9.87. The Kier molecular flexibility index (Phi) is 5.78. The number of fused-ring (bicyclic) bond motifs is 2. The van der Waals surface area contributed by atoms with Crippen LogP contribution >= 0.6 is 23.2 Å². The van der Waals surface area contributed by atoms with Gasteiger partial charge in [0.2, 0.25) is 12.7 Å². The van der Waals surface area contributed by atoms with Gasteiger partial charge in [-0.1, -0.05) is 41.4 Å². The van der Waals surface area contributed by atoms with Gasteiger partial charge in [-0.15, -0.1) is 0 Å². The van der Waals surface area contributed by atoms with Crippen LogP contribution in [-0.2, 0) is 6.61 Å². The summed E-state index contributed by atoms with van der Waals surface area (Å²) in [6.45, 7) is 0.309. The van der Waals surface area contributed by atoms with Crippen LogP contribution in [0.25, 0.3) is 0 Å². The van der Waals surface area contributed by atoms with Gasteiger partial charge >= 0.3 is 0 Å². The van der Waals surface area contributed by atoms with E-state index in [4.69, 9.17) is 52.6 Å². The molecule has 1 atom stereocenters. The van der Waals surface area contributed by atoms with Gasteiger partial charge in [0.05, 0.1) is 18.1 Å². The monoisotopic (exact) mass is 496 g/mol. The third kappa shape index (κ3) is 3.81. The molecule has 3 aromatic carbocycles. The molecular formula is C25H18Cl2N2O5. The molecule has 0 aromatic heterocycles. The van der Waals surface area contributed by atoms with Crippen LogP contribution in [0.3, 0.4) is 0 Å². The number of benzene rings is 3. The van der Waals surface area contributed by atoms with E-state index in [1.807, 2.05) is 18.2 Å². The van der Waals surface area contributed by atoms with Gasteiger partial charge < -0.3 is 29.4 Å². The van der Waals surface area contributed by atoms with Crippen molar-refractivity contribution >= 4 is 23.2 Å². The van der Waals surface area contributed by atoms with Crippen LogP contribution in [0.15, 0.2) is 60.0 Å². The van der Waals surface area contributed by atoms with Gasteiger partial charge in [0, 0.05) is 22.2 Å². The third-order valence-electron chi connectivity index (χ3n) is 5.63. The number of nitrogens with two attached hydrogens (primary N) is 1. The molecule has 5 rings (SSSR count). The van der Waals surface area contributed by atoms with E-state index in [1.165, 1.54) is 7.11 Å². The zero-order valence-electron chi connectivity index (χ0n) is 17.9. The molecule has 0 amide bonds. The van der Waals surface area contributed by atoms with Crippen LogP contribution in [0.2, 0.25) is 10.0 Å². The summed E-state index contributed by atoms with van der Waals surface area (Å²) in [5.41, 5.74) is 8.52. The van der Waals surface area contributed by atoms with Crippen molar-refractivity contribution in [3.8, 4) is 34.8 Å². The number of methoxy groups -OCH3 is 1. The first kappa shape index (κ1) is 22.1. The molecule has 2 heterocycles. The number of nitrogens with zero attached hydrogens (tertiary/aromatic N) is 1. The fraction of sp³-hybridized carbons (Fsp3) is 0.160. The molecular weight excluding hydrogens is 479 g/mol. The quantitative estimate of drug-likeness (QED) is 0.495. The summed E-state index contributed by atoms with van der Waals surface area (Å²) in [6.07, 6.45) is 0. The van der Waals surface area contributed by atoms with Crippen LogP contribution < -0.4 is 29.4 Å². The van der Waals surface area contributed by atoms with E-state index in [0.29, 0.717) is 49.9 Å². The lowest BCUT2D eigenvalue weighted by Crippen LogP contribution is -2.21. The largest absolute Gasteiger partial charge is 0.493 e. The minimum atomic E-state index is -0.563. The van der Waals surface area contributed by atoms with Gasteiger partial charge in [-0.2, -0.15) is 5.26 Å². The van der Waals surface area contributed by atoms with E-state index < -0.39 is 5.92 Å². The predicted octanol–water partition coefficient (Wildman–Crippen LogP) is 5.53. The van der Waals surface area contributed by atoms with E-state index in [9.17, 15) is 5.26 Å². The second-order valence-electron chi connectivity index (χ2n) is 7.58. The highest BCUT2D eigenvalue weighted by molar-refractivity contribution is 6.32. The molecule has 34 heavy (non-hydrogen) atoms. The molecule has 2 aliphatic heterocycles. The van der Waals surface area contributed by atoms with Gasteiger partial charge in [-0.25, -0.2) is 0 Å². The average molecular weight is 497 g/mol. The van der Waals surface area contributed by atoms with E-state index >= 15 is 0 Å². The van der Waals surface area contributed by atoms with Crippen molar-refractivity contribution in [1.82, 2.24) is 0 Å². The first-order valence-electron chi connectivity index (χ1n) is 10.2. The standard InChI is InChI=1S/C25H18Cl2N2O5/c1-30-22-7-14(6-18(27)24(22)31-11-13-4-2-3-5-17(13)26)23-15-8-20-21(33-12-32-20)9-19(15)34-25(29)16(23)10-28/h2-9,23H,11-12,29H2,1H3/t23-/m1/s1. The summed E-state index contributed by atoms with van der Waals surface area (Å²) in [6, 6.07) is 16.5. The highest BCUT2D eigenvalue weighted by Crippen LogP contribution is 2.50. The molecule has 0 spiro atoms. The molecule has 3 aromatic rings. The number of ether oxygens (including phenoxy) is 5. The lowest BCUT2D eigenvalue weighted by Gasteiger charge is -2.27. The molecule has 172 valence electrons. The van der Waals surface area contributed by atoms with Gasteiger partial charge in [0.1, 0.15) is 24.0 Å². The molecule has 0 saturated heterocycles. The Hall–Kier alpha value is -3.73. The zero-order chi connectivity index (χ0) is 23.8. The van der Waals surface area contributed by atoms with Crippen molar-refractivity contribution in [1.29, 1.82) is 5.26 Å². The van der Waals surface area contributed by atoms with E-state index in [2.05, 4.69) is 6.07 Å². The van der Waals surface area contributed by atoms with Crippen molar-refractivity contribution in [2.75, 3.05) is 13.9 Å². The SMILES string of the molecule is COc1cc([C@H]2C(C#N)=C(N)Oc3cc4c(cc32)OCO4)cc(Cl)c1OCc1ccccc1Cl. The molecule has 0 radical (unpaired) electrons. The first-order chi connectivity index (χ1) is 16.5. The summed E-state index contributed by atoms with van der Waals surface area (Å²) in [5.74, 6) is 1.79.